The molecule has 0 aliphatic carbocycles. The Bertz CT molecular complexity index is 943. The molecule has 160 valence electrons. The van der Waals surface area contributed by atoms with Gasteiger partial charge in [0.05, 0.1) is 17.9 Å². The van der Waals surface area contributed by atoms with Crippen molar-refractivity contribution in [1.29, 1.82) is 0 Å². The van der Waals surface area contributed by atoms with Gasteiger partial charge in [-0.25, -0.2) is 0 Å². The Kier molecular flexibility index (Phi) is 6.65. The number of ketones is 1. The summed E-state index contributed by atoms with van der Waals surface area (Å²) in [6.07, 6.45) is 4.25. The van der Waals surface area contributed by atoms with E-state index >= 15 is 0 Å². The van der Waals surface area contributed by atoms with E-state index in [1.165, 1.54) is 11.2 Å². The van der Waals surface area contributed by atoms with Gasteiger partial charge in [-0.1, -0.05) is 19.8 Å². The summed E-state index contributed by atoms with van der Waals surface area (Å²) in [6.45, 7) is 8.27. The van der Waals surface area contributed by atoms with Gasteiger partial charge < -0.3 is 19.2 Å². The number of benzene rings is 1. The Labute approximate surface area is 177 Å². The number of aliphatic hydroxyl groups excluding tert-OH is 1. The second-order valence-corrected chi connectivity index (χ2v) is 7.86. The predicted molar refractivity (Wildman–Crippen MR) is 114 cm³/mol. The van der Waals surface area contributed by atoms with Gasteiger partial charge in [0.1, 0.15) is 23.3 Å². The Hall–Kier alpha value is -3.02. The number of unbranched alkanes of at least 4 members (excludes halogenated alkanes) is 2. The fraction of sp³-hybridized carbons (Fsp3) is 0.417. The zero-order valence-corrected chi connectivity index (χ0v) is 18.0. The maximum atomic E-state index is 12.9. The number of aryl methyl sites for hydroxylation is 1. The molecule has 1 aromatic heterocycles. The lowest BCUT2D eigenvalue weighted by molar-refractivity contribution is -0.140. The number of nitrogens with zero attached hydrogens (tertiary/aromatic N) is 1. The second-order valence-electron chi connectivity index (χ2n) is 7.86. The van der Waals surface area contributed by atoms with Gasteiger partial charge in [-0.05, 0) is 63.1 Å². The molecule has 1 unspecified atom stereocenters. The van der Waals surface area contributed by atoms with Gasteiger partial charge in [0.15, 0.2) is 0 Å². The number of rotatable bonds is 8. The summed E-state index contributed by atoms with van der Waals surface area (Å²) < 4.78 is 11.3. The largest absolute Gasteiger partial charge is 0.507 e. The van der Waals surface area contributed by atoms with Crippen molar-refractivity contribution in [2.75, 3.05) is 6.54 Å². The number of Topliss-reactive ketones (excluding diaryl/α,β-unsaturated/α-hetero) is 1. The lowest BCUT2D eigenvalue weighted by Gasteiger charge is -2.23. The number of aliphatic hydroxyl groups is 1. The number of carbonyl (C=O) groups excluding carboxylic acids is 2. The highest BCUT2D eigenvalue weighted by molar-refractivity contribution is 6.46. The van der Waals surface area contributed by atoms with Crippen molar-refractivity contribution in [3.05, 3.63) is 59.1 Å². The topological polar surface area (TPSA) is 80.0 Å². The minimum atomic E-state index is -0.733. The van der Waals surface area contributed by atoms with Crippen LogP contribution in [-0.2, 0) is 9.59 Å². The van der Waals surface area contributed by atoms with Crippen LogP contribution in [0.25, 0.3) is 5.76 Å². The van der Waals surface area contributed by atoms with E-state index in [4.69, 9.17) is 9.15 Å². The number of ether oxygens (including phenoxy) is 1. The molecule has 1 aliphatic heterocycles. The Balaban J connectivity index is 2.04. The van der Waals surface area contributed by atoms with Crippen molar-refractivity contribution >= 4 is 17.4 Å². The molecule has 3 rings (SSSR count). The molecular weight excluding hydrogens is 382 g/mol. The SMILES string of the molecule is CCCCCN1C(=O)C(=O)/C(=C(\O)c2ccc(OC(C)C)c(C)c2)C1c1ccco1. The third kappa shape index (κ3) is 4.27. The molecule has 6 heteroatoms. The van der Waals surface area contributed by atoms with Crippen LogP contribution in [0.2, 0.25) is 0 Å². The van der Waals surface area contributed by atoms with E-state index in [0.29, 0.717) is 23.6 Å². The van der Waals surface area contributed by atoms with Crippen molar-refractivity contribution in [3.8, 4) is 5.75 Å². The molecule has 1 amide bonds. The predicted octanol–water partition coefficient (Wildman–Crippen LogP) is 4.99. The molecule has 1 saturated heterocycles. The third-order valence-corrected chi connectivity index (χ3v) is 5.17. The zero-order valence-electron chi connectivity index (χ0n) is 18.0. The highest BCUT2D eigenvalue weighted by atomic mass is 16.5. The van der Waals surface area contributed by atoms with Crippen LogP contribution < -0.4 is 4.74 Å². The summed E-state index contributed by atoms with van der Waals surface area (Å²) in [6, 6.07) is 7.93. The molecule has 1 N–H and O–H groups in total. The molecule has 1 fully saturated rings. The Morgan fingerprint density at radius 2 is 2.00 bits per heavy atom. The van der Waals surface area contributed by atoms with Crippen LogP contribution in [0.3, 0.4) is 0 Å². The van der Waals surface area contributed by atoms with Gasteiger partial charge >= 0.3 is 0 Å². The number of carbonyl (C=O) groups is 2. The van der Waals surface area contributed by atoms with Gasteiger partial charge in [0.2, 0.25) is 0 Å². The van der Waals surface area contributed by atoms with Crippen molar-refractivity contribution in [3.63, 3.8) is 0 Å². The standard InChI is InChI=1S/C24H29NO5/c1-5-6-7-12-25-21(19-9-8-13-29-19)20(23(27)24(25)28)22(26)17-10-11-18(16(4)14-17)30-15(2)3/h8-11,13-15,21,26H,5-7,12H2,1-4H3/b22-20-. The van der Waals surface area contributed by atoms with Crippen LogP contribution >= 0.6 is 0 Å². The molecule has 0 radical (unpaired) electrons. The molecular formula is C24H29NO5. The van der Waals surface area contributed by atoms with Crippen LogP contribution in [0.15, 0.2) is 46.6 Å². The maximum Gasteiger partial charge on any atom is 0.295 e. The first kappa shape index (κ1) is 21.7. The van der Waals surface area contributed by atoms with E-state index in [0.717, 1.165) is 24.8 Å². The zero-order chi connectivity index (χ0) is 21.8. The molecule has 1 atom stereocenters. The van der Waals surface area contributed by atoms with Crippen molar-refractivity contribution in [2.24, 2.45) is 0 Å². The van der Waals surface area contributed by atoms with Crippen LogP contribution in [0.4, 0.5) is 0 Å². The number of furan rings is 1. The van der Waals surface area contributed by atoms with E-state index < -0.39 is 17.7 Å². The van der Waals surface area contributed by atoms with Gasteiger partial charge in [-0.15, -0.1) is 0 Å². The van der Waals surface area contributed by atoms with Crippen LogP contribution in [0, 0.1) is 6.92 Å². The van der Waals surface area contributed by atoms with E-state index in [2.05, 4.69) is 6.92 Å². The number of hydrogen-bond donors (Lipinski definition) is 1. The normalized spacial score (nSPS) is 18.4. The molecule has 0 bridgehead atoms. The summed E-state index contributed by atoms with van der Waals surface area (Å²) in [5.41, 5.74) is 1.36. The summed E-state index contributed by atoms with van der Waals surface area (Å²) >= 11 is 0. The summed E-state index contributed by atoms with van der Waals surface area (Å²) in [5, 5.41) is 11.1. The number of hydrogen-bond acceptors (Lipinski definition) is 5. The summed E-state index contributed by atoms with van der Waals surface area (Å²) in [7, 11) is 0. The van der Waals surface area contributed by atoms with E-state index in [-0.39, 0.29) is 17.4 Å². The first-order chi connectivity index (χ1) is 14.3. The van der Waals surface area contributed by atoms with Crippen molar-refractivity contribution < 1.29 is 23.8 Å². The monoisotopic (exact) mass is 411 g/mol. The van der Waals surface area contributed by atoms with Gasteiger partial charge in [-0.2, -0.15) is 0 Å². The minimum Gasteiger partial charge on any atom is -0.507 e. The molecule has 2 aromatic rings. The van der Waals surface area contributed by atoms with Gasteiger partial charge in [-0.3, -0.25) is 9.59 Å². The van der Waals surface area contributed by atoms with E-state index in [1.54, 1.807) is 30.3 Å². The second kappa shape index (κ2) is 9.20. The molecule has 6 nitrogen and oxygen atoms in total. The molecule has 1 aliphatic rings. The lowest BCUT2D eigenvalue weighted by atomic mass is 9.98. The van der Waals surface area contributed by atoms with Crippen LogP contribution in [0.5, 0.6) is 5.75 Å². The quantitative estimate of drug-likeness (QED) is 0.287. The van der Waals surface area contributed by atoms with Crippen molar-refractivity contribution in [1.82, 2.24) is 4.90 Å². The molecule has 30 heavy (non-hydrogen) atoms. The van der Waals surface area contributed by atoms with E-state index in [9.17, 15) is 14.7 Å². The lowest BCUT2D eigenvalue weighted by Crippen LogP contribution is -2.30. The van der Waals surface area contributed by atoms with Gasteiger partial charge in [0.25, 0.3) is 11.7 Å². The summed E-state index contributed by atoms with van der Waals surface area (Å²) in [5.74, 6) is -0.323. The average molecular weight is 411 g/mol. The minimum absolute atomic E-state index is 0.0237. The first-order valence-corrected chi connectivity index (χ1v) is 10.4. The molecule has 1 aromatic carbocycles. The van der Waals surface area contributed by atoms with Crippen LogP contribution in [-0.4, -0.2) is 34.3 Å². The Morgan fingerprint density at radius 1 is 1.23 bits per heavy atom. The Morgan fingerprint density at radius 3 is 2.60 bits per heavy atom. The fourth-order valence-corrected chi connectivity index (χ4v) is 3.72. The van der Waals surface area contributed by atoms with Crippen LogP contribution in [0.1, 0.15) is 63.0 Å². The van der Waals surface area contributed by atoms with Crippen molar-refractivity contribution in [2.45, 2.75) is 59.1 Å². The smallest absolute Gasteiger partial charge is 0.295 e. The summed E-state index contributed by atoms with van der Waals surface area (Å²) in [4.78, 5) is 27.2. The third-order valence-electron chi connectivity index (χ3n) is 5.17. The highest BCUT2D eigenvalue weighted by Gasteiger charge is 2.47. The number of likely N-dealkylation sites (tertiary alicyclic amines) is 1. The first-order valence-electron chi connectivity index (χ1n) is 10.4. The number of amides is 1. The average Bonchev–Trinajstić information content (AvgIpc) is 3.31. The van der Waals surface area contributed by atoms with E-state index in [1.807, 2.05) is 20.8 Å². The molecule has 0 spiro atoms. The molecule has 0 saturated carbocycles. The highest BCUT2D eigenvalue weighted by Crippen LogP contribution is 2.40. The fourth-order valence-electron chi connectivity index (χ4n) is 3.72. The maximum absolute atomic E-state index is 12.9. The molecule has 2 heterocycles. The van der Waals surface area contributed by atoms with Gasteiger partial charge in [0, 0.05) is 12.1 Å².